The Morgan fingerprint density at radius 3 is 1.87 bits per heavy atom. The number of hydrogen-bond acceptors (Lipinski definition) is 10. The van der Waals surface area contributed by atoms with Gasteiger partial charge in [0, 0.05) is 5.92 Å². The molecule has 0 aliphatic heterocycles. The van der Waals surface area contributed by atoms with Gasteiger partial charge in [0.25, 0.3) is 0 Å². The number of hydrogen-bond donors (Lipinski definition) is 2. The van der Waals surface area contributed by atoms with Crippen molar-refractivity contribution in [2.24, 2.45) is 17.1 Å². The van der Waals surface area contributed by atoms with Gasteiger partial charge in [0.05, 0.1) is 12.0 Å². The first-order chi connectivity index (χ1) is 18.2. The van der Waals surface area contributed by atoms with Crippen molar-refractivity contribution in [1.82, 2.24) is 0 Å². The fraction of sp³-hybridized carbons (Fsp3) is 0.643. The molecule has 11 nitrogen and oxygen atoms in total. The second-order valence-corrected chi connectivity index (χ2v) is 10.3. The van der Waals surface area contributed by atoms with E-state index in [0.29, 0.717) is 24.8 Å². The molecular formula is C28H43NO10. The molecule has 39 heavy (non-hydrogen) atoms. The lowest BCUT2D eigenvalue weighted by atomic mass is 9.81. The third-order valence-corrected chi connectivity index (χ3v) is 6.68. The number of aliphatic carboxylic acids is 1. The van der Waals surface area contributed by atoms with Gasteiger partial charge < -0.3 is 34.5 Å². The van der Waals surface area contributed by atoms with Gasteiger partial charge in [-0.2, -0.15) is 0 Å². The Morgan fingerprint density at radius 2 is 1.41 bits per heavy atom. The van der Waals surface area contributed by atoms with Crippen molar-refractivity contribution in [3.05, 3.63) is 23.8 Å². The molecule has 5 atom stereocenters. The predicted molar refractivity (Wildman–Crippen MR) is 143 cm³/mol. The van der Waals surface area contributed by atoms with Crippen molar-refractivity contribution in [2.75, 3.05) is 6.61 Å². The minimum Gasteiger partial charge on any atom is -0.480 e. The lowest BCUT2D eigenvalue weighted by molar-refractivity contribution is -0.155. The summed E-state index contributed by atoms with van der Waals surface area (Å²) in [4.78, 5) is 49.1. The Kier molecular flexibility index (Phi) is 13.2. The minimum atomic E-state index is -1.39. The molecule has 0 aliphatic carbocycles. The molecule has 0 saturated heterocycles. The molecule has 1 rings (SSSR count). The Balaban J connectivity index is 3.40. The molecule has 0 fully saturated rings. The van der Waals surface area contributed by atoms with Crippen LogP contribution in [0.3, 0.4) is 0 Å². The minimum absolute atomic E-state index is 0.0976. The highest BCUT2D eigenvalue weighted by atomic mass is 16.7. The van der Waals surface area contributed by atoms with Crippen LogP contribution in [0.25, 0.3) is 0 Å². The molecule has 220 valence electrons. The fourth-order valence-corrected chi connectivity index (χ4v) is 3.31. The van der Waals surface area contributed by atoms with E-state index in [9.17, 15) is 24.3 Å². The highest BCUT2D eigenvalue weighted by Gasteiger charge is 2.34. The zero-order valence-electron chi connectivity index (χ0n) is 24.1. The predicted octanol–water partition coefficient (Wildman–Crippen LogP) is 5.43. The first-order valence-corrected chi connectivity index (χ1v) is 13.2. The van der Waals surface area contributed by atoms with E-state index >= 15 is 0 Å². The van der Waals surface area contributed by atoms with Crippen LogP contribution in [-0.4, -0.2) is 54.2 Å². The van der Waals surface area contributed by atoms with Crippen molar-refractivity contribution in [2.45, 2.75) is 98.8 Å². The number of carbonyl (C=O) groups excluding carboxylic acids is 3. The van der Waals surface area contributed by atoms with Gasteiger partial charge in [-0.25, -0.2) is 9.59 Å². The van der Waals surface area contributed by atoms with Crippen LogP contribution >= 0.6 is 0 Å². The van der Waals surface area contributed by atoms with Gasteiger partial charge in [0.2, 0.25) is 0 Å². The van der Waals surface area contributed by atoms with Crippen LogP contribution in [0, 0.1) is 11.3 Å². The summed E-state index contributed by atoms with van der Waals surface area (Å²) in [5, 5.41) is 9.71. The van der Waals surface area contributed by atoms with Gasteiger partial charge in [0.1, 0.15) is 18.2 Å². The van der Waals surface area contributed by atoms with E-state index in [-0.39, 0.29) is 18.1 Å². The topological polar surface area (TPSA) is 161 Å². The van der Waals surface area contributed by atoms with Crippen LogP contribution in [-0.2, 0) is 23.8 Å². The average molecular weight is 554 g/mol. The molecule has 0 aromatic heterocycles. The molecular weight excluding hydrogens is 510 g/mol. The van der Waals surface area contributed by atoms with E-state index in [1.54, 1.807) is 34.6 Å². The normalized spacial score (nSPS) is 15.2. The van der Waals surface area contributed by atoms with E-state index in [2.05, 4.69) is 0 Å². The first kappa shape index (κ1) is 33.7. The van der Waals surface area contributed by atoms with Crippen molar-refractivity contribution in [3.63, 3.8) is 0 Å². The van der Waals surface area contributed by atoms with Crippen molar-refractivity contribution in [3.8, 4) is 11.5 Å². The number of benzene rings is 1. The molecule has 3 N–H and O–H groups in total. The molecule has 0 amide bonds. The molecule has 1 aromatic carbocycles. The smallest absolute Gasteiger partial charge is 0.480 e. The number of carbonyl (C=O) groups is 4. The van der Waals surface area contributed by atoms with Crippen LogP contribution in [0.1, 0.15) is 86.1 Å². The highest BCUT2D eigenvalue weighted by Crippen LogP contribution is 2.36. The van der Waals surface area contributed by atoms with Crippen LogP contribution < -0.4 is 15.2 Å². The van der Waals surface area contributed by atoms with Crippen molar-refractivity contribution >= 4 is 24.2 Å². The summed E-state index contributed by atoms with van der Waals surface area (Å²) in [5.41, 5.74) is 5.71. The van der Waals surface area contributed by atoms with Crippen LogP contribution in [0.15, 0.2) is 18.2 Å². The second-order valence-electron chi connectivity index (χ2n) is 10.3. The van der Waals surface area contributed by atoms with Crippen LogP contribution in [0.2, 0.25) is 0 Å². The molecule has 0 radical (unpaired) electrons. The first-order valence-electron chi connectivity index (χ1n) is 13.2. The van der Waals surface area contributed by atoms with E-state index in [1.165, 1.54) is 18.2 Å². The summed E-state index contributed by atoms with van der Waals surface area (Å²) >= 11 is 0. The largest absolute Gasteiger partial charge is 0.514 e. The van der Waals surface area contributed by atoms with Gasteiger partial charge in [-0.3, -0.25) is 9.59 Å². The molecule has 4 unspecified atom stereocenters. The summed E-state index contributed by atoms with van der Waals surface area (Å²) < 4.78 is 26.4. The van der Waals surface area contributed by atoms with E-state index in [4.69, 9.17) is 29.4 Å². The fourth-order valence-electron chi connectivity index (χ4n) is 3.31. The number of esters is 1. The van der Waals surface area contributed by atoms with Crippen LogP contribution in [0.5, 0.6) is 11.5 Å². The van der Waals surface area contributed by atoms with Gasteiger partial charge >= 0.3 is 24.2 Å². The highest BCUT2D eigenvalue weighted by molar-refractivity contribution is 5.76. The summed E-state index contributed by atoms with van der Waals surface area (Å²) in [7, 11) is 0. The molecule has 0 aliphatic rings. The summed E-state index contributed by atoms with van der Waals surface area (Å²) in [6, 6.07) is 2.81. The second kappa shape index (κ2) is 15.3. The maximum atomic E-state index is 12.5. The Hall–Kier alpha value is -3.34. The maximum absolute atomic E-state index is 12.5. The summed E-state index contributed by atoms with van der Waals surface area (Å²) in [6.07, 6.45) is -1.22. The van der Waals surface area contributed by atoms with E-state index < -0.39 is 59.7 Å². The Bertz CT molecular complexity index is 993. The van der Waals surface area contributed by atoms with Gasteiger partial charge in [-0.1, -0.05) is 33.8 Å². The SMILES string of the molecule is CCC(C)OC(=O)Oc1ccc(C(C(C)COC(=O)C(C)(C)CC)[C@H](N)C(=O)O)cc1OC(=O)OC(C)CC. The number of nitrogens with two attached hydrogens (primary N) is 1. The molecule has 0 saturated carbocycles. The molecule has 0 heterocycles. The quantitative estimate of drug-likeness (QED) is 0.172. The number of rotatable bonds is 14. The van der Waals surface area contributed by atoms with Gasteiger partial charge in [0.15, 0.2) is 11.5 Å². The Labute approximate surface area is 230 Å². The van der Waals surface area contributed by atoms with Gasteiger partial charge in [-0.05, 0) is 70.6 Å². The van der Waals surface area contributed by atoms with E-state index in [0.717, 1.165) is 0 Å². The lowest BCUT2D eigenvalue weighted by Gasteiger charge is -2.29. The monoisotopic (exact) mass is 553 g/mol. The van der Waals surface area contributed by atoms with Gasteiger partial charge in [-0.15, -0.1) is 0 Å². The maximum Gasteiger partial charge on any atom is 0.514 e. The third-order valence-electron chi connectivity index (χ3n) is 6.68. The number of ether oxygens (including phenoxy) is 5. The molecule has 11 heteroatoms. The average Bonchev–Trinajstić information content (AvgIpc) is 2.88. The lowest BCUT2D eigenvalue weighted by Crippen LogP contribution is -2.41. The molecule has 1 aromatic rings. The standard InChI is InChI=1S/C28H43NO10/c1-9-17(5)36-26(33)38-20-13-12-19(14-21(20)39-27(34)37-18(6)10-2)22(23(29)24(30)31)16(4)15-35-25(32)28(7,8)11-3/h12-14,16-18,22-23H,9-11,15,29H2,1-8H3,(H,30,31)/t16?,17?,18?,22?,23-/m0/s1. The zero-order valence-corrected chi connectivity index (χ0v) is 24.1. The van der Waals surface area contributed by atoms with Crippen LogP contribution in [0.4, 0.5) is 9.59 Å². The van der Waals surface area contributed by atoms with Crippen molar-refractivity contribution in [1.29, 1.82) is 0 Å². The zero-order chi connectivity index (χ0) is 29.9. The summed E-state index contributed by atoms with van der Waals surface area (Å²) in [5.74, 6) is -3.44. The van der Waals surface area contributed by atoms with Crippen molar-refractivity contribution < 1.29 is 48.0 Å². The summed E-state index contributed by atoms with van der Waals surface area (Å²) in [6.45, 7) is 14.0. The number of carboxylic acid groups (broad SMARTS) is 1. The number of carboxylic acids is 1. The van der Waals surface area contributed by atoms with E-state index in [1.807, 2.05) is 20.8 Å². The third kappa shape index (κ3) is 10.4. The molecule has 0 bridgehead atoms. The molecule has 0 spiro atoms. The Morgan fingerprint density at radius 1 is 0.897 bits per heavy atom.